The zero-order valence-corrected chi connectivity index (χ0v) is 19.9. The summed E-state index contributed by atoms with van der Waals surface area (Å²) in [6.07, 6.45) is 0. The number of nitrogens with one attached hydrogen (secondary N) is 2. The van der Waals surface area contributed by atoms with Crippen molar-refractivity contribution < 1.29 is 21.3 Å². The van der Waals surface area contributed by atoms with Crippen molar-refractivity contribution in [1.82, 2.24) is 0 Å². The van der Waals surface area contributed by atoms with Gasteiger partial charge in [0.05, 0.1) is 11.4 Å². The fraction of sp³-hybridized carbons (Fsp3) is 0. The van der Waals surface area contributed by atoms with Crippen molar-refractivity contribution in [2.45, 2.75) is 9.30 Å². The maximum Gasteiger partial charge on any atom is 0.295 e. The molecule has 33 heavy (non-hydrogen) atoms. The van der Waals surface area contributed by atoms with Crippen molar-refractivity contribution in [2.75, 3.05) is 9.44 Å². The summed E-state index contributed by atoms with van der Waals surface area (Å²) in [5.41, 5.74) is 0.402. The van der Waals surface area contributed by atoms with Gasteiger partial charge in [0.25, 0.3) is 20.0 Å². The Bertz CT molecular complexity index is 1660. The van der Waals surface area contributed by atoms with E-state index in [-0.39, 0.29) is 25.7 Å². The van der Waals surface area contributed by atoms with Gasteiger partial charge in [0.1, 0.15) is 9.79 Å². The predicted octanol–water partition coefficient (Wildman–Crippen LogP) is 5.90. The van der Waals surface area contributed by atoms with Gasteiger partial charge in [-0.1, -0.05) is 48.0 Å². The number of sulfonamides is 2. The van der Waals surface area contributed by atoms with Crippen molar-refractivity contribution in [2.24, 2.45) is 0 Å². The van der Waals surface area contributed by atoms with E-state index < -0.39 is 20.0 Å². The van der Waals surface area contributed by atoms with Crippen molar-refractivity contribution in [3.63, 3.8) is 0 Å². The molecule has 5 rings (SSSR count). The minimum Gasteiger partial charge on any atom is -0.443 e. The maximum atomic E-state index is 13.0. The number of anilines is 2. The normalized spacial score (nSPS) is 12.3. The second-order valence-electron chi connectivity index (χ2n) is 7.11. The van der Waals surface area contributed by atoms with Crippen LogP contribution in [0.3, 0.4) is 0 Å². The molecule has 11 heteroatoms. The Morgan fingerprint density at radius 1 is 0.727 bits per heavy atom. The summed E-state index contributed by atoms with van der Waals surface area (Å²) < 4.78 is 63.2. The van der Waals surface area contributed by atoms with Gasteiger partial charge in [-0.3, -0.25) is 9.44 Å². The second kappa shape index (κ2) is 8.07. The molecular weight excluding hydrogens is 504 g/mol. The largest absolute Gasteiger partial charge is 0.443 e. The summed E-state index contributed by atoms with van der Waals surface area (Å²) in [5, 5.41) is 1.34. The van der Waals surface area contributed by atoms with Gasteiger partial charge in [-0.05, 0) is 41.8 Å². The number of thiophene rings is 1. The Morgan fingerprint density at radius 2 is 1.42 bits per heavy atom. The lowest BCUT2D eigenvalue weighted by atomic mass is 10.3. The van der Waals surface area contributed by atoms with Crippen LogP contribution in [-0.2, 0) is 20.0 Å². The molecular formula is C22H15ClN2O5S3. The minimum absolute atomic E-state index is 0.0246. The third kappa shape index (κ3) is 4.30. The molecule has 2 heterocycles. The fourth-order valence-electron chi connectivity index (χ4n) is 3.26. The van der Waals surface area contributed by atoms with Gasteiger partial charge in [-0.25, -0.2) is 8.42 Å². The van der Waals surface area contributed by atoms with Gasteiger partial charge in [-0.15, -0.1) is 11.3 Å². The van der Waals surface area contributed by atoms with Gasteiger partial charge < -0.3 is 4.42 Å². The van der Waals surface area contributed by atoms with Crippen LogP contribution in [0.25, 0.3) is 21.1 Å². The molecule has 0 aliphatic carbocycles. The number of hydrogen-bond donors (Lipinski definition) is 2. The average molecular weight is 519 g/mol. The molecule has 2 aromatic heterocycles. The van der Waals surface area contributed by atoms with Crippen LogP contribution in [0.15, 0.2) is 92.6 Å². The molecule has 0 spiro atoms. The highest BCUT2D eigenvalue weighted by Gasteiger charge is 2.24. The van der Waals surface area contributed by atoms with Gasteiger partial charge in [-0.2, -0.15) is 8.42 Å². The zero-order chi connectivity index (χ0) is 23.2. The molecule has 0 aliphatic heterocycles. The lowest BCUT2D eigenvalue weighted by Gasteiger charge is -2.13. The Hall–Kier alpha value is -3.05. The maximum absolute atomic E-state index is 13.0. The molecule has 3 aromatic carbocycles. The van der Waals surface area contributed by atoms with Gasteiger partial charge >= 0.3 is 0 Å². The van der Waals surface area contributed by atoms with Gasteiger partial charge in [0, 0.05) is 21.2 Å². The molecule has 5 aromatic rings. The average Bonchev–Trinajstić information content (AvgIpc) is 3.40. The third-order valence-electron chi connectivity index (χ3n) is 4.81. The summed E-state index contributed by atoms with van der Waals surface area (Å²) in [5.74, 6) is 0. The van der Waals surface area contributed by atoms with Gasteiger partial charge in [0.2, 0.25) is 5.09 Å². The fourth-order valence-corrected chi connectivity index (χ4v) is 6.95. The van der Waals surface area contributed by atoms with E-state index in [4.69, 9.17) is 16.0 Å². The number of benzene rings is 3. The molecule has 0 saturated carbocycles. The van der Waals surface area contributed by atoms with Crippen LogP contribution in [-0.4, -0.2) is 16.8 Å². The Balaban J connectivity index is 1.50. The number of furan rings is 1. The van der Waals surface area contributed by atoms with Crippen molar-refractivity contribution in [3.8, 4) is 0 Å². The quantitative estimate of drug-likeness (QED) is 0.291. The first-order chi connectivity index (χ1) is 15.7. The lowest BCUT2D eigenvalue weighted by molar-refractivity contribution is 0.484. The van der Waals surface area contributed by atoms with Crippen LogP contribution in [0, 0.1) is 0 Å². The molecule has 0 saturated heterocycles. The summed E-state index contributed by atoms with van der Waals surface area (Å²) in [4.78, 5) is 0. The molecule has 0 amide bonds. The predicted molar refractivity (Wildman–Crippen MR) is 131 cm³/mol. The minimum atomic E-state index is -4.16. The standard InChI is InChI=1S/C22H15ClN2O5S3/c23-16-9-10-17(24-33(28,29)22-12-15-6-2-4-8-20(15)31-22)18(13-16)25-32(26,27)21-11-14-5-1-3-7-19(14)30-21/h1-13,24-25H. The monoisotopic (exact) mass is 518 g/mol. The van der Waals surface area contributed by atoms with E-state index in [1.165, 1.54) is 24.3 Å². The molecule has 0 bridgehead atoms. The number of para-hydroxylation sites is 1. The Morgan fingerprint density at radius 3 is 2.18 bits per heavy atom. The third-order valence-corrected chi connectivity index (χ3v) is 9.22. The highest BCUT2D eigenvalue weighted by atomic mass is 35.5. The summed E-state index contributed by atoms with van der Waals surface area (Å²) in [7, 11) is -8.15. The van der Waals surface area contributed by atoms with E-state index in [1.54, 1.807) is 30.3 Å². The van der Waals surface area contributed by atoms with Crippen LogP contribution in [0.1, 0.15) is 0 Å². The smallest absolute Gasteiger partial charge is 0.295 e. The molecule has 0 unspecified atom stereocenters. The molecule has 0 atom stereocenters. The summed E-state index contributed by atoms with van der Waals surface area (Å²) >= 11 is 7.18. The van der Waals surface area contributed by atoms with Crippen molar-refractivity contribution >= 4 is 75.4 Å². The highest BCUT2D eigenvalue weighted by molar-refractivity contribution is 7.95. The van der Waals surface area contributed by atoms with E-state index in [1.807, 2.05) is 24.3 Å². The SMILES string of the molecule is O=S(=O)(Nc1cc(Cl)ccc1NS(=O)(=O)c1cc2ccccc2s1)c1cc2ccccc2o1. The van der Waals surface area contributed by atoms with E-state index >= 15 is 0 Å². The topological polar surface area (TPSA) is 105 Å². The van der Waals surface area contributed by atoms with E-state index in [0.717, 1.165) is 21.4 Å². The van der Waals surface area contributed by atoms with Crippen LogP contribution < -0.4 is 9.44 Å². The van der Waals surface area contributed by atoms with Crippen LogP contribution >= 0.6 is 22.9 Å². The summed E-state index contributed by atoms with van der Waals surface area (Å²) in [6.45, 7) is 0. The summed E-state index contributed by atoms with van der Waals surface area (Å²) in [6, 6.07) is 21.3. The Labute approximate surface area is 198 Å². The first kappa shape index (κ1) is 21.8. The highest BCUT2D eigenvalue weighted by Crippen LogP contribution is 2.34. The van der Waals surface area contributed by atoms with Crippen LogP contribution in [0.4, 0.5) is 11.4 Å². The molecule has 0 fully saturated rings. The molecule has 0 radical (unpaired) electrons. The zero-order valence-electron chi connectivity index (χ0n) is 16.6. The number of rotatable bonds is 6. The Kier molecular flexibility index (Phi) is 5.32. The molecule has 168 valence electrons. The van der Waals surface area contributed by atoms with Crippen molar-refractivity contribution in [1.29, 1.82) is 0 Å². The van der Waals surface area contributed by atoms with E-state index in [9.17, 15) is 16.8 Å². The first-order valence-electron chi connectivity index (χ1n) is 9.54. The molecule has 2 N–H and O–H groups in total. The number of hydrogen-bond acceptors (Lipinski definition) is 6. The second-order valence-corrected chi connectivity index (χ2v) is 12.2. The van der Waals surface area contributed by atoms with Crippen molar-refractivity contribution in [3.05, 3.63) is 83.9 Å². The lowest BCUT2D eigenvalue weighted by Crippen LogP contribution is -2.16. The van der Waals surface area contributed by atoms with Crippen LogP contribution in [0.5, 0.6) is 0 Å². The first-order valence-corrected chi connectivity index (χ1v) is 13.7. The molecule has 0 aliphatic rings. The van der Waals surface area contributed by atoms with E-state index in [2.05, 4.69) is 9.44 Å². The van der Waals surface area contributed by atoms with E-state index in [0.29, 0.717) is 11.0 Å². The van der Waals surface area contributed by atoms with Gasteiger partial charge in [0.15, 0.2) is 0 Å². The molecule has 7 nitrogen and oxygen atoms in total. The number of halogens is 1. The number of fused-ring (bicyclic) bond motifs is 2. The van der Waals surface area contributed by atoms with Crippen LogP contribution in [0.2, 0.25) is 5.02 Å².